The van der Waals surface area contributed by atoms with Gasteiger partial charge in [-0.15, -0.1) is 21.5 Å². The van der Waals surface area contributed by atoms with Gasteiger partial charge in [0, 0.05) is 0 Å². The molecule has 6 nitrogen and oxygen atoms in total. The summed E-state index contributed by atoms with van der Waals surface area (Å²) in [6, 6.07) is 1.66. The highest BCUT2D eigenvalue weighted by atomic mass is 32.1. The van der Waals surface area contributed by atoms with Crippen molar-refractivity contribution in [3.8, 4) is 0 Å². The molecule has 0 aromatic carbocycles. The highest BCUT2D eigenvalue weighted by Crippen LogP contribution is 2.16. The lowest BCUT2D eigenvalue weighted by Crippen LogP contribution is -2.27. The van der Waals surface area contributed by atoms with Crippen LogP contribution in [-0.2, 0) is 0 Å². The van der Waals surface area contributed by atoms with Gasteiger partial charge in [-0.1, -0.05) is 5.21 Å². The van der Waals surface area contributed by atoms with Gasteiger partial charge in [0.05, 0.1) is 10.9 Å². The first-order chi connectivity index (χ1) is 7.68. The van der Waals surface area contributed by atoms with Crippen LogP contribution < -0.4 is 5.32 Å². The standard InChI is InChI=1S/C9H11N5OS/c1-5-3-4-16-7(5)9(15)10-6(2)8-11-13-14-12-8/h3-4,6H,1-2H3,(H,10,15)(H,11,12,13,14). The van der Waals surface area contributed by atoms with E-state index >= 15 is 0 Å². The van der Waals surface area contributed by atoms with Gasteiger partial charge in [0.15, 0.2) is 5.82 Å². The van der Waals surface area contributed by atoms with Crippen LogP contribution in [0.4, 0.5) is 0 Å². The van der Waals surface area contributed by atoms with Crippen molar-refractivity contribution in [1.82, 2.24) is 25.9 Å². The van der Waals surface area contributed by atoms with Crippen molar-refractivity contribution in [3.05, 3.63) is 27.7 Å². The molecule has 0 saturated heterocycles. The number of aromatic nitrogens is 4. The number of H-pyrrole nitrogens is 1. The first-order valence-corrected chi connectivity index (χ1v) is 5.64. The van der Waals surface area contributed by atoms with Crippen molar-refractivity contribution in [2.24, 2.45) is 0 Å². The van der Waals surface area contributed by atoms with Gasteiger partial charge in [-0.2, -0.15) is 5.21 Å². The van der Waals surface area contributed by atoms with Crippen LogP contribution in [-0.4, -0.2) is 26.5 Å². The van der Waals surface area contributed by atoms with Crippen LogP contribution in [0, 0.1) is 6.92 Å². The monoisotopic (exact) mass is 237 g/mol. The van der Waals surface area contributed by atoms with Crippen molar-refractivity contribution in [2.45, 2.75) is 19.9 Å². The lowest BCUT2D eigenvalue weighted by Gasteiger charge is -2.09. The Bertz CT molecular complexity index is 478. The summed E-state index contributed by atoms with van der Waals surface area (Å²) < 4.78 is 0. The van der Waals surface area contributed by atoms with Gasteiger partial charge in [-0.25, -0.2) is 0 Å². The van der Waals surface area contributed by atoms with E-state index in [-0.39, 0.29) is 11.9 Å². The number of rotatable bonds is 3. The van der Waals surface area contributed by atoms with E-state index in [1.54, 1.807) is 0 Å². The molecule has 0 aliphatic carbocycles. The van der Waals surface area contributed by atoms with Gasteiger partial charge < -0.3 is 5.32 Å². The summed E-state index contributed by atoms with van der Waals surface area (Å²) in [5.74, 6) is 0.368. The van der Waals surface area contributed by atoms with E-state index in [4.69, 9.17) is 0 Å². The van der Waals surface area contributed by atoms with Crippen LogP contribution in [0.1, 0.15) is 34.0 Å². The van der Waals surface area contributed by atoms with Gasteiger partial charge in [-0.3, -0.25) is 4.79 Å². The molecule has 84 valence electrons. The summed E-state index contributed by atoms with van der Waals surface area (Å²) in [5, 5.41) is 18.1. The van der Waals surface area contributed by atoms with E-state index in [1.165, 1.54) is 11.3 Å². The third-order valence-electron chi connectivity index (χ3n) is 2.16. The summed E-state index contributed by atoms with van der Waals surface area (Å²) in [7, 11) is 0. The Morgan fingerprint density at radius 3 is 3.00 bits per heavy atom. The number of thiophene rings is 1. The molecule has 1 amide bonds. The number of amides is 1. The zero-order chi connectivity index (χ0) is 11.5. The lowest BCUT2D eigenvalue weighted by atomic mass is 10.2. The molecule has 0 aliphatic heterocycles. The highest BCUT2D eigenvalue weighted by molar-refractivity contribution is 7.12. The number of nitrogens with zero attached hydrogens (tertiary/aromatic N) is 3. The molecule has 2 aromatic rings. The molecule has 0 radical (unpaired) electrons. The highest BCUT2D eigenvalue weighted by Gasteiger charge is 2.16. The Balaban J connectivity index is 2.06. The second-order valence-corrected chi connectivity index (χ2v) is 4.31. The third kappa shape index (κ3) is 2.08. The van der Waals surface area contributed by atoms with Crippen molar-refractivity contribution < 1.29 is 4.79 Å². The summed E-state index contributed by atoms with van der Waals surface area (Å²) in [6.45, 7) is 3.72. The first-order valence-electron chi connectivity index (χ1n) is 4.77. The molecule has 2 heterocycles. The quantitative estimate of drug-likeness (QED) is 0.836. The fourth-order valence-corrected chi connectivity index (χ4v) is 2.11. The number of carbonyl (C=O) groups excluding carboxylic acids is 1. The van der Waals surface area contributed by atoms with Crippen LogP contribution in [0.5, 0.6) is 0 Å². The number of hydrogen-bond acceptors (Lipinski definition) is 5. The maximum absolute atomic E-state index is 11.8. The van der Waals surface area contributed by atoms with Crippen molar-refractivity contribution >= 4 is 17.2 Å². The van der Waals surface area contributed by atoms with Crippen molar-refractivity contribution in [2.75, 3.05) is 0 Å². The molecule has 0 bridgehead atoms. The minimum absolute atomic E-state index is 0.107. The van der Waals surface area contributed by atoms with Gasteiger partial charge in [0.1, 0.15) is 0 Å². The number of hydrogen-bond donors (Lipinski definition) is 2. The molecule has 2 aromatic heterocycles. The van der Waals surface area contributed by atoms with Crippen LogP contribution >= 0.6 is 11.3 Å². The van der Waals surface area contributed by atoms with E-state index in [1.807, 2.05) is 25.3 Å². The number of nitrogens with one attached hydrogen (secondary N) is 2. The van der Waals surface area contributed by atoms with Crippen LogP contribution in [0.15, 0.2) is 11.4 Å². The normalized spacial score (nSPS) is 12.4. The average Bonchev–Trinajstić information content (AvgIpc) is 2.86. The molecule has 2 N–H and O–H groups in total. The number of aromatic amines is 1. The minimum atomic E-state index is -0.257. The molecule has 16 heavy (non-hydrogen) atoms. The molecular formula is C9H11N5OS. The maximum Gasteiger partial charge on any atom is 0.262 e. The van der Waals surface area contributed by atoms with Gasteiger partial charge in [0.25, 0.3) is 5.91 Å². The SMILES string of the molecule is Cc1ccsc1C(=O)NC(C)c1nn[nH]n1. The Hall–Kier alpha value is -1.76. The van der Waals surface area contributed by atoms with Crippen LogP contribution in [0.25, 0.3) is 0 Å². The van der Waals surface area contributed by atoms with Gasteiger partial charge in [0.2, 0.25) is 0 Å². The summed E-state index contributed by atoms with van der Waals surface area (Å²) >= 11 is 1.42. The molecule has 0 saturated carbocycles. The van der Waals surface area contributed by atoms with Gasteiger partial charge in [-0.05, 0) is 30.9 Å². The Kier molecular flexibility index (Phi) is 2.95. The van der Waals surface area contributed by atoms with E-state index in [0.29, 0.717) is 5.82 Å². The van der Waals surface area contributed by atoms with E-state index in [0.717, 1.165) is 10.4 Å². The Labute approximate surface area is 96.1 Å². The minimum Gasteiger partial charge on any atom is -0.341 e. The third-order valence-corrected chi connectivity index (χ3v) is 3.18. The number of tetrazole rings is 1. The largest absolute Gasteiger partial charge is 0.341 e. The molecule has 2 rings (SSSR count). The fourth-order valence-electron chi connectivity index (χ4n) is 1.29. The lowest BCUT2D eigenvalue weighted by molar-refractivity contribution is 0.0942. The second kappa shape index (κ2) is 4.40. The predicted molar refractivity (Wildman–Crippen MR) is 59.1 cm³/mol. The second-order valence-electron chi connectivity index (χ2n) is 3.40. The fraction of sp³-hybridized carbons (Fsp3) is 0.333. The Morgan fingerprint density at radius 1 is 1.62 bits per heavy atom. The van der Waals surface area contributed by atoms with Crippen LogP contribution in [0.2, 0.25) is 0 Å². The maximum atomic E-state index is 11.8. The van der Waals surface area contributed by atoms with Gasteiger partial charge >= 0.3 is 0 Å². The zero-order valence-electron chi connectivity index (χ0n) is 8.89. The predicted octanol–water partition coefficient (Wildman–Crippen LogP) is 1.06. The average molecular weight is 237 g/mol. The first kappa shape index (κ1) is 10.7. The van der Waals surface area contributed by atoms with Crippen molar-refractivity contribution in [1.29, 1.82) is 0 Å². The summed E-state index contributed by atoms with van der Waals surface area (Å²) in [6.07, 6.45) is 0. The molecule has 1 atom stereocenters. The van der Waals surface area contributed by atoms with E-state index in [9.17, 15) is 4.79 Å². The number of aryl methyl sites for hydroxylation is 1. The molecule has 7 heteroatoms. The van der Waals surface area contributed by atoms with Crippen molar-refractivity contribution in [3.63, 3.8) is 0 Å². The zero-order valence-corrected chi connectivity index (χ0v) is 9.71. The summed E-state index contributed by atoms with van der Waals surface area (Å²) in [5.41, 5.74) is 0.975. The molecule has 1 unspecified atom stereocenters. The summed E-state index contributed by atoms with van der Waals surface area (Å²) in [4.78, 5) is 12.6. The molecule has 0 fully saturated rings. The molecule has 0 aliphatic rings. The van der Waals surface area contributed by atoms with E-state index in [2.05, 4.69) is 25.9 Å². The number of carbonyl (C=O) groups is 1. The topological polar surface area (TPSA) is 83.6 Å². The van der Waals surface area contributed by atoms with Crippen LogP contribution in [0.3, 0.4) is 0 Å². The molecular weight excluding hydrogens is 226 g/mol. The molecule has 0 spiro atoms. The van der Waals surface area contributed by atoms with E-state index < -0.39 is 0 Å². The Morgan fingerprint density at radius 2 is 2.44 bits per heavy atom. The smallest absolute Gasteiger partial charge is 0.262 e.